The molecule has 1 fully saturated rings. The smallest absolute Gasteiger partial charge is 0.254 e. The van der Waals surface area contributed by atoms with Crippen LogP contribution < -0.4 is 4.90 Å². The average Bonchev–Trinajstić information content (AvgIpc) is 3.51. The molecule has 0 saturated carbocycles. The van der Waals surface area contributed by atoms with Crippen LogP contribution in [-0.4, -0.2) is 65.6 Å². The van der Waals surface area contributed by atoms with E-state index in [4.69, 9.17) is 24.8 Å². The molecule has 10 heteroatoms. The lowest BCUT2D eigenvalue weighted by atomic mass is 10.2. The van der Waals surface area contributed by atoms with E-state index in [0.29, 0.717) is 19.2 Å². The van der Waals surface area contributed by atoms with Crippen LogP contribution in [0.2, 0.25) is 0 Å². The van der Waals surface area contributed by atoms with Crippen molar-refractivity contribution in [3.05, 3.63) is 61.3 Å². The lowest BCUT2D eigenvalue weighted by Crippen LogP contribution is -2.37. The fourth-order valence-corrected chi connectivity index (χ4v) is 4.00. The van der Waals surface area contributed by atoms with E-state index >= 15 is 0 Å². The van der Waals surface area contributed by atoms with Crippen molar-refractivity contribution < 1.29 is 4.74 Å². The van der Waals surface area contributed by atoms with Crippen LogP contribution in [0.1, 0.15) is 0 Å². The van der Waals surface area contributed by atoms with Crippen LogP contribution in [0.25, 0.3) is 39.8 Å². The maximum atomic E-state index is 5.56. The van der Waals surface area contributed by atoms with E-state index in [1.807, 2.05) is 48.1 Å². The Balaban J connectivity index is 1.52. The van der Waals surface area contributed by atoms with Gasteiger partial charge in [-0.2, -0.15) is 15.1 Å². The summed E-state index contributed by atoms with van der Waals surface area (Å²) in [7, 11) is 1.97. The molecule has 0 aromatic carbocycles. The number of hydrogen-bond donors (Lipinski definition) is 0. The second-order valence-corrected chi connectivity index (χ2v) is 7.74. The number of imidazole rings is 1. The van der Waals surface area contributed by atoms with Crippen LogP contribution in [0.15, 0.2) is 61.3 Å². The minimum absolute atomic E-state index is 0.489. The Labute approximate surface area is 189 Å². The Bertz CT molecular complexity index is 1410. The van der Waals surface area contributed by atoms with Crippen molar-refractivity contribution >= 4 is 17.0 Å². The van der Waals surface area contributed by atoms with E-state index in [1.54, 1.807) is 29.5 Å². The van der Waals surface area contributed by atoms with Crippen LogP contribution in [0.4, 0.5) is 5.82 Å². The zero-order chi connectivity index (χ0) is 22.2. The zero-order valence-corrected chi connectivity index (χ0v) is 18.0. The van der Waals surface area contributed by atoms with Crippen molar-refractivity contribution in [2.45, 2.75) is 0 Å². The highest BCUT2D eigenvalue weighted by Gasteiger charge is 2.23. The molecule has 5 aromatic heterocycles. The molecule has 0 radical (unpaired) electrons. The van der Waals surface area contributed by atoms with Crippen molar-refractivity contribution in [2.24, 2.45) is 7.05 Å². The van der Waals surface area contributed by atoms with Gasteiger partial charge in [0.15, 0.2) is 17.0 Å². The molecule has 0 bridgehead atoms. The molecular weight excluding hydrogens is 418 g/mol. The van der Waals surface area contributed by atoms with E-state index in [-0.39, 0.29) is 0 Å². The molecular formula is C23H21N9O. The molecule has 0 amide bonds. The van der Waals surface area contributed by atoms with Crippen molar-refractivity contribution in [1.29, 1.82) is 0 Å². The third kappa shape index (κ3) is 3.50. The van der Waals surface area contributed by atoms with Gasteiger partial charge in [0.1, 0.15) is 5.82 Å². The van der Waals surface area contributed by atoms with E-state index < -0.39 is 0 Å². The summed E-state index contributed by atoms with van der Waals surface area (Å²) < 4.78 is 9.25. The molecule has 5 aromatic rings. The molecule has 10 nitrogen and oxygen atoms in total. The highest BCUT2D eigenvalue weighted by Crippen LogP contribution is 2.29. The van der Waals surface area contributed by atoms with Gasteiger partial charge in [0.2, 0.25) is 0 Å². The predicted octanol–water partition coefficient (Wildman–Crippen LogP) is 2.51. The first kappa shape index (κ1) is 19.5. The molecule has 0 unspecified atom stereocenters. The van der Waals surface area contributed by atoms with E-state index in [0.717, 1.165) is 52.7 Å². The Morgan fingerprint density at radius 3 is 2.52 bits per heavy atom. The molecule has 0 aliphatic carbocycles. The maximum absolute atomic E-state index is 5.56. The number of aromatic nitrogens is 8. The van der Waals surface area contributed by atoms with Crippen molar-refractivity contribution in [2.75, 3.05) is 31.2 Å². The fourth-order valence-electron chi connectivity index (χ4n) is 4.00. The van der Waals surface area contributed by atoms with Gasteiger partial charge >= 0.3 is 0 Å². The van der Waals surface area contributed by atoms with Gasteiger partial charge in [-0.15, -0.1) is 0 Å². The Morgan fingerprint density at radius 1 is 0.879 bits per heavy atom. The highest BCUT2D eigenvalue weighted by atomic mass is 16.5. The van der Waals surface area contributed by atoms with Gasteiger partial charge in [-0.1, -0.05) is 0 Å². The number of hydrogen-bond acceptors (Lipinski definition) is 8. The summed E-state index contributed by atoms with van der Waals surface area (Å²) in [6.07, 6.45) is 8.93. The number of ether oxygens (including phenoxy) is 1. The van der Waals surface area contributed by atoms with Crippen LogP contribution in [0.5, 0.6) is 0 Å². The minimum atomic E-state index is 0.489. The topological polar surface area (TPSA) is 99.7 Å². The molecule has 6 heterocycles. The molecule has 0 atom stereocenters. The molecule has 1 aliphatic heterocycles. The number of morpholine rings is 1. The van der Waals surface area contributed by atoms with Crippen molar-refractivity contribution in [3.8, 4) is 28.6 Å². The number of aryl methyl sites for hydroxylation is 1. The number of pyridine rings is 2. The van der Waals surface area contributed by atoms with E-state index in [9.17, 15) is 0 Å². The first-order valence-electron chi connectivity index (χ1n) is 10.7. The van der Waals surface area contributed by atoms with Gasteiger partial charge in [0.25, 0.3) is 5.95 Å². The third-order valence-electron chi connectivity index (χ3n) is 5.69. The average molecular weight is 439 g/mol. The lowest BCUT2D eigenvalue weighted by molar-refractivity contribution is 0.122. The Morgan fingerprint density at radius 2 is 1.73 bits per heavy atom. The summed E-state index contributed by atoms with van der Waals surface area (Å²) in [5, 5.41) is 4.71. The van der Waals surface area contributed by atoms with Crippen molar-refractivity contribution in [1.82, 2.24) is 39.3 Å². The molecule has 0 spiro atoms. The van der Waals surface area contributed by atoms with Gasteiger partial charge in [0, 0.05) is 62.2 Å². The summed E-state index contributed by atoms with van der Waals surface area (Å²) in [5.41, 5.74) is 4.22. The van der Waals surface area contributed by atoms with Gasteiger partial charge in [-0.25, -0.2) is 9.67 Å². The number of fused-ring (bicyclic) bond motifs is 1. The summed E-state index contributed by atoms with van der Waals surface area (Å²) in [5.74, 6) is 2.08. The van der Waals surface area contributed by atoms with Crippen LogP contribution >= 0.6 is 0 Å². The Hall–Kier alpha value is -4.18. The standard InChI is InChI=1S/C23H21N9O/c1-30-20(16-4-8-24-9-5-16)26-19-21(30)27-23(28-22(19)31-11-13-33-14-12-31)32-10-6-18(29-32)17-3-2-7-25-15-17/h2-10,15H,11-14H2,1H3. The summed E-state index contributed by atoms with van der Waals surface area (Å²) in [6.45, 7) is 2.79. The first-order chi connectivity index (χ1) is 16.3. The molecule has 1 saturated heterocycles. The molecule has 1 aliphatic rings. The lowest BCUT2D eigenvalue weighted by Gasteiger charge is -2.28. The molecule has 0 N–H and O–H groups in total. The van der Waals surface area contributed by atoms with Gasteiger partial charge in [0.05, 0.1) is 18.9 Å². The molecule has 164 valence electrons. The first-order valence-corrected chi connectivity index (χ1v) is 10.7. The van der Waals surface area contributed by atoms with Gasteiger partial charge in [-0.3, -0.25) is 9.97 Å². The fraction of sp³-hybridized carbons (Fsp3) is 0.217. The number of nitrogens with zero attached hydrogens (tertiary/aromatic N) is 9. The zero-order valence-electron chi connectivity index (χ0n) is 18.0. The normalized spacial score (nSPS) is 14.2. The summed E-state index contributed by atoms with van der Waals surface area (Å²) >= 11 is 0. The monoisotopic (exact) mass is 439 g/mol. The minimum Gasteiger partial charge on any atom is -0.378 e. The largest absolute Gasteiger partial charge is 0.378 e. The quantitative estimate of drug-likeness (QED) is 0.421. The SMILES string of the molecule is Cn1c(-c2ccncc2)nc2c(N3CCOCC3)nc(-n3ccc(-c4cccnc4)n3)nc21. The van der Waals surface area contributed by atoms with Crippen molar-refractivity contribution in [3.63, 3.8) is 0 Å². The third-order valence-corrected chi connectivity index (χ3v) is 5.69. The van der Waals surface area contributed by atoms with Gasteiger partial charge < -0.3 is 14.2 Å². The molecule has 33 heavy (non-hydrogen) atoms. The molecule has 6 rings (SSSR count). The van der Waals surface area contributed by atoms with Gasteiger partial charge in [-0.05, 0) is 30.3 Å². The second-order valence-electron chi connectivity index (χ2n) is 7.74. The maximum Gasteiger partial charge on any atom is 0.254 e. The summed E-state index contributed by atoms with van der Waals surface area (Å²) in [6, 6.07) is 9.69. The van der Waals surface area contributed by atoms with Crippen LogP contribution in [0.3, 0.4) is 0 Å². The van der Waals surface area contributed by atoms with Crippen LogP contribution in [-0.2, 0) is 11.8 Å². The van der Waals surface area contributed by atoms with E-state index in [2.05, 4.69) is 14.9 Å². The van der Waals surface area contributed by atoms with Crippen LogP contribution in [0, 0.1) is 0 Å². The predicted molar refractivity (Wildman–Crippen MR) is 123 cm³/mol. The number of anilines is 1. The highest BCUT2D eigenvalue weighted by molar-refractivity contribution is 5.87. The summed E-state index contributed by atoms with van der Waals surface area (Å²) in [4.78, 5) is 25.2. The Kier molecular flexibility index (Phi) is 4.76. The van der Waals surface area contributed by atoms with E-state index in [1.165, 1.54) is 0 Å². The second kappa shape index (κ2) is 8.06. The number of rotatable bonds is 4.